The Morgan fingerprint density at radius 3 is 2.73 bits per heavy atom. The van der Waals surface area contributed by atoms with Crippen LogP contribution in [0.2, 0.25) is 0 Å². The highest BCUT2D eigenvalue weighted by Crippen LogP contribution is 2.20. The van der Waals surface area contributed by atoms with Crippen LogP contribution in [0.5, 0.6) is 0 Å². The van der Waals surface area contributed by atoms with E-state index in [4.69, 9.17) is 0 Å². The highest BCUT2D eigenvalue weighted by atomic mass is 16.2. The topological polar surface area (TPSA) is 68.9 Å². The molecule has 0 radical (unpaired) electrons. The van der Waals surface area contributed by atoms with Crippen molar-refractivity contribution in [2.24, 2.45) is 0 Å². The van der Waals surface area contributed by atoms with Crippen molar-refractivity contribution in [3.05, 3.63) is 63.9 Å². The van der Waals surface area contributed by atoms with Gasteiger partial charge in [-0.2, -0.15) is 5.10 Å². The number of nitrogens with zero attached hydrogens (tertiary/aromatic N) is 3. The maximum atomic E-state index is 12.6. The van der Waals surface area contributed by atoms with Gasteiger partial charge >= 0.3 is 5.69 Å². The molecule has 138 valence electrons. The lowest BCUT2D eigenvalue weighted by molar-refractivity contribution is -0.122. The van der Waals surface area contributed by atoms with Gasteiger partial charge in [0.1, 0.15) is 12.4 Å². The third kappa shape index (κ3) is 4.31. The Balaban J connectivity index is 1.66. The largest absolute Gasteiger partial charge is 0.348 e. The number of benzene rings is 1. The Morgan fingerprint density at radius 2 is 2.04 bits per heavy atom. The van der Waals surface area contributed by atoms with Crippen LogP contribution >= 0.6 is 0 Å². The Morgan fingerprint density at radius 1 is 1.27 bits per heavy atom. The third-order valence-corrected chi connectivity index (χ3v) is 4.84. The van der Waals surface area contributed by atoms with Gasteiger partial charge in [-0.3, -0.25) is 9.36 Å². The fourth-order valence-electron chi connectivity index (χ4n) is 3.37. The first-order chi connectivity index (χ1) is 12.5. The first-order valence-corrected chi connectivity index (χ1v) is 9.21. The normalized spacial score (nSPS) is 15.4. The minimum Gasteiger partial charge on any atom is -0.348 e. The molecule has 0 unspecified atom stereocenters. The van der Waals surface area contributed by atoms with Crippen molar-refractivity contribution >= 4 is 5.91 Å². The van der Waals surface area contributed by atoms with E-state index in [0.717, 1.165) is 18.4 Å². The summed E-state index contributed by atoms with van der Waals surface area (Å²) in [5.41, 5.74) is 2.05. The van der Waals surface area contributed by atoms with Gasteiger partial charge in [0.05, 0.1) is 6.54 Å². The maximum Gasteiger partial charge on any atom is 0.346 e. The fourth-order valence-corrected chi connectivity index (χ4v) is 3.37. The number of aromatic nitrogens is 3. The summed E-state index contributed by atoms with van der Waals surface area (Å²) in [6.45, 7) is 4.18. The average molecular weight is 354 g/mol. The van der Waals surface area contributed by atoms with E-state index in [-0.39, 0.29) is 24.2 Å². The predicted octanol–water partition coefficient (Wildman–Crippen LogP) is 2.41. The summed E-state index contributed by atoms with van der Waals surface area (Å²) in [4.78, 5) is 24.9. The van der Waals surface area contributed by atoms with Gasteiger partial charge in [-0.1, -0.05) is 42.0 Å². The fraction of sp³-hybridized carbons (Fsp3) is 0.450. The zero-order valence-corrected chi connectivity index (χ0v) is 15.4. The molecular weight excluding hydrogens is 328 g/mol. The van der Waals surface area contributed by atoms with Crippen LogP contribution < -0.4 is 11.0 Å². The molecule has 1 aliphatic carbocycles. The highest BCUT2D eigenvalue weighted by Gasteiger charge is 2.17. The van der Waals surface area contributed by atoms with Gasteiger partial charge in [-0.15, -0.1) is 0 Å². The summed E-state index contributed by atoms with van der Waals surface area (Å²) in [5.74, 6) is 0.421. The molecule has 1 amide bonds. The van der Waals surface area contributed by atoms with Gasteiger partial charge < -0.3 is 5.32 Å². The standard InChI is InChI=1S/C20H26N4O2/c1-15(18-11-7-4-8-12-18)21-19(25)14-24-20(26)23(16(2)22-24)13-17-9-5-3-6-10-17/h3,5-6,9-11,15H,4,7-8,12-14H2,1-2H3,(H,21,25)/t15-/m1/s1. The van der Waals surface area contributed by atoms with Crippen molar-refractivity contribution in [3.63, 3.8) is 0 Å². The number of allylic oxidation sites excluding steroid dienone is 1. The van der Waals surface area contributed by atoms with Crippen LogP contribution in [0.3, 0.4) is 0 Å². The Kier molecular flexibility index (Phi) is 5.71. The molecule has 1 aromatic carbocycles. The molecule has 0 saturated heterocycles. The number of nitrogens with one attached hydrogen (secondary N) is 1. The van der Waals surface area contributed by atoms with Crippen LogP contribution in [0, 0.1) is 6.92 Å². The first-order valence-electron chi connectivity index (χ1n) is 9.21. The smallest absolute Gasteiger partial charge is 0.346 e. The minimum absolute atomic E-state index is 0.00556. The van der Waals surface area contributed by atoms with E-state index in [9.17, 15) is 9.59 Å². The third-order valence-electron chi connectivity index (χ3n) is 4.84. The van der Waals surface area contributed by atoms with Gasteiger partial charge in [-0.05, 0) is 45.1 Å². The zero-order chi connectivity index (χ0) is 18.5. The number of amides is 1. The van der Waals surface area contributed by atoms with Crippen LogP contribution in [0.25, 0.3) is 0 Å². The van der Waals surface area contributed by atoms with Crippen LogP contribution in [0.4, 0.5) is 0 Å². The monoisotopic (exact) mass is 354 g/mol. The van der Waals surface area contributed by atoms with Gasteiger partial charge in [-0.25, -0.2) is 9.48 Å². The summed E-state index contributed by atoms with van der Waals surface area (Å²) < 4.78 is 2.84. The molecule has 1 aromatic heterocycles. The summed E-state index contributed by atoms with van der Waals surface area (Å²) in [5, 5.41) is 7.25. The molecule has 1 heterocycles. The lowest BCUT2D eigenvalue weighted by atomic mass is 9.95. The number of carbonyl (C=O) groups excluding carboxylic acids is 1. The molecule has 1 N–H and O–H groups in total. The number of aryl methyl sites for hydroxylation is 1. The second-order valence-electron chi connectivity index (χ2n) is 6.87. The van der Waals surface area contributed by atoms with Crippen molar-refractivity contribution in [3.8, 4) is 0 Å². The molecule has 2 aromatic rings. The molecule has 3 rings (SSSR count). The minimum atomic E-state index is -0.258. The molecule has 6 heteroatoms. The van der Waals surface area contributed by atoms with Crippen molar-refractivity contribution in [1.29, 1.82) is 0 Å². The Bertz CT molecular complexity index is 848. The summed E-state index contributed by atoms with van der Waals surface area (Å²) in [6, 6.07) is 9.76. The summed E-state index contributed by atoms with van der Waals surface area (Å²) in [6.07, 6.45) is 6.73. The summed E-state index contributed by atoms with van der Waals surface area (Å²) >= 11 is 0. The lowest BCUT2D eigenvalue weighted by Crippen LogP contribution is -2.39. The zero-order valence-electron chi connectivity index (χ0n) is 15.4. The molecule has 0 spiro atoms. The Hall–Kier alpha value is -2.63. The molecular formula is C20H26N4O2. The van der Waals surface area contributed by atoms with Crippen molar-refractivity contribution in [1.82, 2.24) is 19.7 Å². The van der Waals surface area contributed by atoms with Crippen molar-refractivity contribution in [2.75, 3.05) is 0 Å². The number of hydrogen-bond acceptors (Lipinski definition) is 3. The maximum absolute atomic E-state index is 12.6. The first kappa shape index (κ1) is 18.2. The quantitative estimate of drug-likeness (QED) is 0.810. The van der Waals surface area contributed by atoms with E-state index in [1.54, 1.807) is 11.5 Å². The molecule has 0 aliphatic heterocycles. The Labute approximate surface area is 153 Å². The van der Waals surface area contributed by atoms with E-state index in [1.807, 2.05) is 37.3 Å². The van der Waals surface area contributed by atoms with E-state index >= 15 is 0 Å². The summed E-state index contributed by atoms with van der Waals surface area (Å²) in [7, 11) is 0. The van der Waals surface area contributed by atoms with E-state index in [0.29, 0.717) is 12.4 Å². The number of hydrogen-bond donors (Lipinski definition) is 1. The van der Waals surface area contributed by atoms with Gasteiger partial charge in [0.15, 0.2) is 0 Å². The van der Waals surface area contributed by atoms with E-state index in [1.165, 1.54) is 23.1 Å². The lowest BCUT2D eigenvalue weighted by Gasteiger charge is -2.20. The van der Waals surface area contributed by atoms with Gasteiger partial charge in [0, 0.05) is 6.04 Å². The van der Waals surface area contributed by atoms with Crippen molar-refractivity contribution < 1.29 is 4.79 Å². The van der Waals surface area contributed by atoms with Crippen LogP contribution in [0.15, 0.2) is 46.8 Å². The molecule has 6 nitrogen and oxygen atoms in total. The molecule has 0 fully saturated rings. The molecule has 1 aliphatic rings. The molecule has 0 bridgehead atoms. The highest BCUT2D eigenvalue weighted by molar-refractivity contribution is 5.76. The van der Waals surface area contributed by atoms with Crippen molar-refractivity contribution in [2.45, 2.75) is 58.7 Å². The van der Waals surface area contributed by atoms with Gasteiger partial charge in [0.25, 0.3) is 0 Å². The predicted molar refractivity (Wildman–Crippen MR) is 101 cm³/mol. The van der Waals surface area contributed by atoms with Crippen LogP contribution in [0.1, 0.15) is 44.0 Å². The molecule has 1 atom stereocenters. The van der Waals surface area contributed by atoms with E-state index < -0.39 is 0 Å². The SMILES string of the molecule is Cc1nn(CC(=O)N[C@H](C)C2=CCCCC2)c(=O)n1Cc1ccccc1. The second kappa shape index (κ2) is 8.17. The van der Waals surface area contributed by atoms with Crippen LogP contribution in [-0.4, -0.2) is 26.3 Å². The number of rotatable bonds is 6. The number of carbonyl (C=O) groups is 1. The van der Waals surface area contributed by atoms with E-state index in [2.05, 4.69) is 16.5 Å². The molecule has 0 saturated carbocycles. The second-order valence-corrected chi connectivity index (χ2v) is 6.87. The van der Waals surface area contributed by atoms with Crippen LogP contribution in [-0.2, 0) is 17.9 Å². The molecule has 26 heavy (non-hydrogen) atoms. The average Bonchev–Trinajstić information content (AvgIpc) is 2.90. The van der Waals surface area contributed by atoms with Gasteiger partial charge in [0.2, 0.25) is 5.91 Å².